The zero-order valence-corrected chi connectivity index (χ0v) is 13.6. The summed E-state index contributed by atoms with van der Waals surface area (Å²) in [4.78, 5) is 25.4. The molecule has 0 fully saturated rings. The Kier molecular flexibility index (Phi) is 5.42. The largest absolute Gasteiger partial charge is 0.508 e. The second-order valence-electron chi connectivity index (χ2n) is 5.14. The van der Waals surface area contributed by atoms with Crippen LogP contribution in [0.1, 0.15) is 34.6 Å². The highest BCUT2D eigenvalue weighted by molar-refractivity contribution is 5.99. The summed E-state index contributed by atoms with van der Waals surface area (Å²) in [7, 11) is 0. The smallest absolute Gasteiger partial charge is 0.272 e. The molecule has 0 heterocycles. The van der Waals surface area contributed by atoms with Gasteiger partial charge >= 0.3 is 0 Å². The van der Waals surface area contributed by atoms with Crippen molar-refractivity contribution < 1.29 is 19.8 Å². The Morgan fingerprint density at radius 3 is 1.25 bits per heavy atom. The van der Waals surface area contributed by atoms with E-state index in [-0.39, 0.29) is 23.3 Å². The van der Waals surface area contributed by atoms with Gasteiger partial charge in [-0.05, 0) is 62.4 Å². The van der Waals surface area contributed by atoms with E-state index < -0.39 is 0 Å². The van der Waals surface area contributed by atoms with Crippen LogP contribution in [0.4, 0.5) is 0 Å². The second kappa shape index (κ2) is 7.50. The fraction of sp³-hybridized carbons (Fsp3) is 0.222. The molecule has 0 aliphatic rings. The highest BCUT2D eigenvalue weighted by Crippen LogP contribution is 2.16. The normalized spacial score (nSPS) is 10.2. The fourth-order valence-electron chi connectivity index (χ4n) is 2.35. The molecule has 2 N–H and O–H groups in total. The summed E-state index contributed by atoms with van der Waals surface area (Å²) in [5.41, 5.74) is 0.762. The molecule has 24 heavy (non-hydrogen) atoms. The van der Waals surface area contributed by atoms with E-state index in [2.05, 4.69) is 0 Å². The van der Waals surface area contributed by atoms with E-state index in [1.807, 2.05) is 0 Å². The van der Waals surface area contributed by atoms with Gasteiger partial charge in [0.1, 0.15) is 11.5 Å². The van der Waals surface area contributed by atoms with E-state index >= 15 is 0 Å². The molecule has 0 saturated heterocycles. The molecular formula is C18H20N2O4. The van der Waals surface area contributed by atoms with Crippen LogP contribution in [-0.4, -0.2) is 45.1 Å². The quantitative estimate of drug-likeness (QED) is 0.846. The minimum atomic E-state index is -0.327. The van der Waals surface area contributed by atoms with Crippen molar-refractivity contribution >= 4 is 11.8 Å². The summed E-state index contributed by atoms with van der Waals surface area (Å²) >= 11 is 0. The van der Waals surface area contributed by atoms with Crippen LogP contribution in [-0.2, 0) is 0 Å². The molecule has 2 rings (SSSR count). The molecule has 0 aliphatic heterocycles. The molecule has 0 unspecified atom stereocenters. The van der Waals surface area contributed by atoms with Crippen molar-refractivity contribution in [1.29, 1.82) is 0 Å². The number of phenolic OH excluding ortho intramolecular Hbond substituents is 2. The van der Waals surface area contributed by atoms with Crippen LogP contribution in [0.2, 0.25) is 0 Å². The van der Waals surface area contributed by atoms with Crippen LogP contribution < -0.4 is 0 Å². The first-order chi connectivity index (χ1) is 11.5. The predicted molar refractivity (Wildman–Crippen MR) is 89.6 cm³/mol. The standard InChI is InChI=1S/C18H20N2O4/c1-3-19(17(23)13-5-9-15(21)10-6-13)20(4-2)18(24)14-7-11-16(22)12-8-14/h5-12,21-22H,3-4H2,1-2H3. The number of phenols is 2. The molecule has 2 aromatic rings. The highest BCUT2D eigenvalue weighted by Gasteiger charge is 2.25. The first-order valence-electron chi connectivity index (χ1n) is 7.69. The van der Waals surface area contributed by atoms with Gasteiger partial charge in [0.25, 0.3) is 11.8 Å². The Balaban J connectivity index is 2.28. The van der Waals surface area contributed by atoms with Crippen molar-refractivity contribution in [3.05, 3.63) is 59.7 Å². The van der Waals surface area contributed by atoms with E-state index in [0.717, 1.165) is 0 Å². The van der Waals surface area contributed by atoms with Crippen LogP contribution in [0, 0.1) is 0 Å². The van der Waals surface area contributed by atoms with E-state index in [1.54, 1.807) is 13.8 Å². The summed E-state index contributed by atoms with van der Waals surface area (Å²) in [6.07, 6.45) is 0. The molecule has 0 saturated carbocycles. The molecule has 0 bridgehead atoms. The van der Waals surface area contributed by atoms with Crippen molar-refractivity contribution in [2.24, 2.45) is 0 Å². The molecule has 0 atom stereocenters. The fourth-order valence-corrected chi connectivity index (χ4v) is 2.35. The second-order valence-corrected chi connectivity index (χ2v) is 5.14. The Morgan fingerprint density at radius 2 is 1.00 bits per heavy atom. The summed E-state index contributed by atoms with van der Waals surface area (Å²) in [5, 5.41) is 21.4. The molecule has 126 valence electrons. The van der Waals surface area contributed by atoms with Gasteiger partial charge in [-0.1, -0.05) is 0 Å². The first kappa shape index (κ1) is 17.3. The maximum Gasteiger partial charge on any atom is 0.272 e. The molecule has 6 heteroatoms. The number of aromatic hydroxyl groups is 2. The van der Waals surface area contributed by atoms with Crippen LogP contribution in [0.15, 0.2) is 48.5 Å². The van der Waals surface area contributed by atoms with Gasteiger partial charge in [-0.3, -0.25) is 9.59 Å². The number of hydrogen-bond acceptors (Lipinski definition) is 4. The van der Waals surface area contributed by atoms with E-state index in [4.69, 9.17) is 0 Å². The number of carbonyl (C=O) groups is 2. The molecule has 0 aromatic heterocycles. The molecule has 6 nitrogen and oxygen atoms in total. The van der Waals surface area contributed by atoms with Crippen LogP contribution in [0.3, 0.4) is 0 Å². The average molecular weight is 328 g/mol. The van der Waals surface area contributed by atoms with Gasteiger partial charge in [0.05, 0.1) is 0 Å². The molecule has 0 aliphatic carbocycles. The topological polar surface area (TPSA) is 81.1 Å². The Morgan fingerprint density at radius 1 is 0.708 bits per heavy atom. The third-order valence-electron chi connectivity index (χ3n) is 3.59. The van der Waals surface area contributed by atoms with Gasteiger partial charge in [0, 0.05) is 24.2 Å². The number of rotatable bonds is 4. The van der Waals surface area contributed by atoms with Crippen LogP contribution in [0.5, 0.6) is 11.5 Å². The molecule has 2 amide bonds. The molecule has 2 aromatic carbocycles. The molecular weight excluding hydrogens is 308 g/mol. The third kappa shape index (κ3) is 3.65. The van der Waals surface area contributed by atoms with Gasteiger partial charge in [-0.25, -0.2) is 10.0 Å². The maximum atomic E-state index is 12.7. The number of hydrazine groups is 1. The zero-order chi connectivity index (χ0) is 17.7. The zero-order valence-electron chi connectivity index (χ0n) is 13.6. The lowest BCUT2D eigenvalue weighted by molar-refractivity contribution is 0.000836. The van der Waals surface area contributed by atoms with E-state index in [1.165, 1.54) is 58.5 Å². The number of carbonyl (C=O) groups excluding carboxylic acids is 2. The lowest BCUT2D eigenvalue weighted by Gasteiger charge is -2.33. The number of hydrogen-bond donors (Lipinski definition) is 2. The molecule has 0 spiro atoms. The van der Waals surface area contributed by atoms with Crippen molar-refractivity contribution in [3.63, 3.8) is 0 Å². The number of nitrogens with zero attached hydrogens (tertiary/aromatic N) is 2. The van der Waals surface area contributed by atoms with Crippen molar-refractivity contribution in [3.8, 4) is 11.5 Å². The molecule has 0 radical (unpaired) electrons. The Bertz CT molecular complexity index is 647. The van der Waals surface area contributed by atoms with Gasteiger partial charge in [0.15, 0.2) is 0 Å². The third-order valence-corrected chi connectivity index (χ3v) is 3.59. The van der Waals surface area contributed by atoms with Gasteiger partial charge < -0.3 is 10.2 Å². The van der Waals surface area contributed by atoms with Gasteiger partial charge in [0.2, 0.25) is 0 Å². The highest BCUT2D eigenvalue weighted by atomic mass is 16.3. The number of benzene rings is 2. The van der Waals surface area contributed by atoms with Crippen LogP contribution >= 0.6 is 0 Å². The monoisotopic (exact) mass is 328 g/mol. The van der Waals surface area contributed by atoms with Gasteiger partial charge in [-0.15, -0.1) is 0 Å². The number of amides is 2. The first-order valence-corrected chi connectivity index (χ1v) is 7.69. The van der Waals surface area contributed by atoms with Gasteiger partial charge in [-0.2, -0.15) is 0 Å². The Hall–Kier alpha value is -3.02. The Labute approximate surface area is 140 Å². The SMILES string of the molecule is CCN(C(=O)c1ccc(O)cc1)N(CC)C(=O)c1ccc(O)cc1. The summed E-state index contributed by atoms with van der Waals surface area (Å²) in [6.45, 7) is 4.20. The summed E-state index contributed by atoms with van der Waals surface area (Å²) < 4.78 is 0. The van der Waals surface area contributed by atoms with Crippen molar-refractivity contribution in [2.75, 3.05) is 13.1 Å². The lowest BCUT2D eigenvalue weighted by Crippen LogP contribution is -2.49. The van der Waals surface area contributed by atoms with E-state index in [0.29, 0.717) is 24.2 Å². The summed E-state index contributed by atoms with van der Waals surface area (Å²) in [5.74, 6) is -0.512. The average Bonchev–Trinajstić information content (AvgIpc) is 2.59. The maximum absolute atomic E-state index is 12.7. The van der Waals surface area contributed by atoms with Crippen molar-refractivity contribution in [2.45, 2.75) is 13.8 Å². The summed E-state index contributed by atoms with van der Waals surface area (Å²) in [6, 6.07) is 11.8. The lowest BCUT2D eigenvalue weighted by atomic mass is 10.2. The van der Waals surface area contributed by atoms with Crippen molar-refractivity contribution in [1.82, 2.24) is 10.0 Å². The van der Waals surface area contributed by atoms with E-state index in [9.17, 15) is 19.8 Å². The van der Waals surface area contributed by atoms with Crippen LogP contribution in [0.25, 0.3) is 0 Å². The minimum absolute atomic E-state index is 0.0714. The predicted octanol–water partition coefficient (Wildman–Crippen LogP) is 2.64. The minimum Gasteiger partial charge on any atom is -0.508 e.